The molecule has 3 rings (SSSR count). The first-order valence-electron chi connectivity index (χ1n) is 8.84. The molecule has 0 saturated carbocycles. The van der Waals surface area contributed by atoms with Gasteiger partial charge < -0.3 is 20.1 Å². The summed E-state index contributed by atoms with van der Waals surface area (Å²) >= 11 is 0. The molecule has 0 spiro atoms. The molecule has 0 unspecified atom stereocenters. The number of carbonyl (C=O) groups is 2. The van der Waals surface area contributed by atoms with E-state index < -0.39 is 10.0 Å². The highest BCUT2D eigenvalue weighted by molar-refractivity contribution is 7.89. The van der Waals surface area contributed by atoms with Crippen molar-refractivity contribution in [2.45, 2.75) is 25.8 Å². The van der Waals surface area contributed by atoms with Crippen LogP contribution in [-0.4, -0.2) is 62.8 Å². The molecule has 1 aromatic carbocycles. The van der Waals surface area contributed by atoms with Crippen LogP contribution in [0.25, 0.3) is 0 Å². The summed E-state index contributed by atoms with van der Waals surface area (Å²) < 4.78 is 35.6. The van der Waals surface area contributed by atoms with Gasteiger partial charge in [0.05, 0.1) is 12.3 Å². The number of sulfonamides is 1. The predicted molar refractivity (Wildman–Crippen MR) is 97.1 cm³/mol. The average Bonchev–Trinajstić information content (AvgIpc) is 3.14. The smallest absolute Gasteiger partial charge is 0.251 e. The topological polar surface area (TPSA) is 114 Å². The Morgan fingerprint density at radius 1 is 1.19 bits per heavy atom. The third-order valence-corrected chi connectivity index (χ3v) is 6.50. The van der Waals surface area contributed by atoms with E-state index in [-0.39, 0.29) is 36.9 Å². The summed E-state index contributed by atoms with van der Waals surface area (Å²) in [6.07, 6.45) is 1.11. The van der Waals surface area contributed by atoms with Gasteiger partial charge in [-0.3, -0.25) is 9.59 Å². The molecule has 1 fully saturated rings. The van der Waals surface area contributed by atoms with E-state index in [1.54, 1.807) is 25.1 Å². The maximum Gasteiger partial charge on any atom is 0.251 e. The molecule has 27 heavy (non-hydrogen) atoms. The van der Waals surface area contributed by atoms with E-state index in [4.69, 9.17) is 9.47 Å². The molecule has 9 nitrogen and oxygen atoms in total. The molecule has 2 aliphatic rings. The number of amides is 2. The maximum atomic E-state index is 12.2. The van der Waals surface area contributed by atoms with Crippen LogP contribution in [0, 0.1) is 0 Å². The molecule has 1 saturated heterocycles. The van der Waals surface area contributed by atoms with Gasteiger partial charge in [0.2, 0.25) is 22.7 Å². The van der Waals surface area contributed by atoms with Crippen molar-refractivity contribution in [3.8, 4) is 11.5 Å². The number of benzene rings is 1. The Bertz CT molecular complexity index is 818. The molecular weight excluding hydrogens is 374 g/mol. The molecule has 2 aliphatic heterocycles. The van der Waals surface area contributed by atoms with E-state index in [1.165, 1.54) is 4.31 Å². The number of nitrogens with one attached hydrogen (secondary N) is 2. The van der Waals surface area contributed by atoms with Gasteiger partial charge >= 0.3 is 0 Å². The van der Waals surface area contributed by atoms with Crippen LogP contribution in [0.2, 0.25) is 0 Å². The van der Waals surface area contributed by atoms with Gasteiger partial charge in [0, 0.05) is 24.7 Å². The highest BCUT2D eigenvalue weighted by Gasteiger charge is 2.27. The summed E-state index contributed by atoms with van der Waals surface area (Å²) in [6.45, 7) is 2.38. The molecule has 0 atom stereocenters. The monoisotopic (exact) mass is 397 g/mol. The Labute approximate surface area is 158 Å². The summed E-state index contributed by atoms with van der Waals surface area (Å²) in [5.74, 6) is 0.477. The number of hydrogen-bond acceptors (Lipinski definition) is 6. The van der Waals surface area contributed by atoms with Crippen molar-refractivity contribution in [1.29, 1.82) is 0 Å². The zero-order valence-electron chi connectivity index (χ0n) is 15.1. The summed E-state index contributed by atoms with van der Waals surface area (Å²) in [5, 5.41) is 5.41. The number of ether oxygens (including phenoxy) is 2. The minimum Gasteiger partial charge on any atom is -0.454 e. The Morgan fingerprint density at radius 2 is 1.89 bits per heavy atom. The zero-order chi connectivity index (χ0) is 19.4. The number of carbonyl (C=O) groups excluding carboxylic acids is 2. The summed E-state index contributed by atoms with van der Waals surface area (Å²) in [5.41, 5.74) is 0.380. The lowest BCUT2D eigenvalue weighted by molar-refractivity contribution is -0.121. The molecular formula is C17H23N3O6S. The third kappa shape index (κ3) is 4.69. The van der Waals surface area contributed by atoms with Crippen molar-refractivity contribution in [2.24, 2.45) is 0 Å². The van der Waals surface area contributed by atoms with Gasteiger partial charge in [0.1, 0.15) is 0 Å². The second-order valence-electron chi connectivity index (χ2n) is 6.39. The SMILES string of the molecule is CCS(=O)(=O)N1CCC(NC(=O)CNC(=O)c2ccc3c(c2)OCO3)CC1. The van der Waals surface area contributed by atoms with Crippen LogP contribution in [-0.2, 0) is 14.8 Å². The molecule has 0 aromatic heterocycles. The largest absolute Gasteiger partial charge is 0.454 e. The standard InChI is InChI=1S/C17H23N3O6S/c1-2-27(23,24)20-7-5-13(6-8-20)19-16(21)10-18-17(22)12-3-4-14-15(9-12)26-11-25-14/h3-4,9,13H,2,5-8,10-11H2,1H3,(H,18,22)(H,19,21). The van der Waals surface area contributed by atoms with Crippen molar-refractivity contribution in [3.63, 3.8) is 0 Å². The first-order valence-corrected chi connectivity index (χ1v) is 10.4. The van der Waals surface area contributed by atoms with Crippen LogP contribution in [0.1, 0.15) is 30.1 Å². The lowest BCUT2D eigenvalue weighted by atomic mass is 10.1. The van der Waals surface area contributed by atoms with E-state index in [0.717, 1.165) is 0 Å². The predicted octanol–water partition coefficient (Wildman–Crippen LogP) is 0.0754. The Hall–Kier alpha value is -2.33. The second kappa shape index (κ2) is 8.13. The quantitative estimate of drug-likeness (QED) is 0.703. The van der Waals surface area contributed by atoms with Crippen LogP contribution >= 0.6 is 0 Å². The van der Waals surface area contributed by atoms with E-state index in [2.05, 4.69) is 10.6 Å². The van der Waals surface area contributed by atoms with Crippen LogP contribution < -0.4 is 20.1 Å². The van der Waals surface area contributed by atoms with Crippen molar-refractivity contribution < 1.29 is 27.5 Å². The Balaban J connectivity index is 1.43. The Morgan fingerprint density at radius 3 is 2.59 bits per heavy atom. The molecule has 2 amide bonds. The van der Waals surface area contributed by atoms with Gasteiger partial charge in [-0.2, -0.15) is 0 Å². The van der Waals surface area contributed by atoms with Crippen LogP contribution in [0.5, 0.6) is 11.5 Å². The molecule has 1 aromatic rings. The van der Waals surface area contributed by atoms with Crippen molar-refractivity contribution in [2.75, 3.05) is 32.2 Å². The number of nitrogens with zero attached hydrogens (tertiary/aromatic N) is 1. The summed E-state index contributed by atoms with van der Waals surface area (Å²) in [4.78, 5) is 24.2. The Kier molecular flexibility index (Phi) is 5.85. The minimum absolute atomic E-state index is 0.0793. The van der Waals surface area contributed by atoms with Gasteiger partial charge in [-0.25, -0.2) is 12.7 Å². The first kappa shape index (κ1) is 19.4. The second-order valence-corrected chi connectivity index (χ2v) is 8.65. The zero-order valence-corrected chi connectivity index (χ0v) is 15.9. The maximum absolute atomic E-state index is 12.2. The van der Waals surface area contributed by atoms with Crippen molar-refractivity contribution in [3.05, 3.63) is 23.8 Å². The average molecular weight is 397 g/mol. The fourth-order valence-electron chi connectivity index (χ4n) is 3.04. The van der Waals surface area contributed by atoms with Crippen LogP contribution in [0.15, 0.2) is 18.2 Å². The lowest BCUT2D eigenvalue weighted by Crippen LogP contribution is -2.48. The van der Waals surface area contributed by atoms with Gasteiger partial charge in [-0.15, -0.1) is 0 Å². The molecule has 148 valence electrons. The first-order chi connectivity index (χ1) is 12.9. The number of fused-ring (bicyclic) bond motifs is 1. The lowest BCUT2D eigenvalue weighted by Gasteiger charge is -2.31. The molecule has 0 radical (unpaired) electrons. The van der Waals surface area contributed by atoms with Crippen LogP contribution in [0.4, 0.5) is 0 Å². The van der Waals surface area contributed by atoms with Gasteiger partial charge in [0.15, 0.2) is 11.5 Å². The van der Waals surface area contributed by atoms with Crippen LogP contribution in [0.3, 0.4) is 0 Å². The summed E-state index contributed by atoms with van der Waals surface area (Å²) in [7, 11) is -3.19. The van der Waals surface area contributed by atoms with E-state index in [9.17, 15) is 18.0 Å². The van der Waals surface area contributed by atoms with Gasteiger partial charge in [0.25, 0.3) is 5.91 Å². The molecule has 2 heterocycles. The molecule has 0 aliphatic carbocycles. The highest BCUT2D eigenvalue weighted by Crippen LogP contribution is 2.32. The van der Waals surface area contributed by atoms with Gasteiger partial charge in [-0.1, -0.05) is 0 Å². The number of rotatable bonds is 6. The van der Waals surface area contributed by atoms with Crippen molar-refractivity contribution >= 4 is 21.8 Å². The molecule has 2 N–H and O–H groups in total. The third-order valence-electron chi connectivity index (χ3n) is 4.62. The van der Waals surface area contributed by atoms with Crippen molar-refractivity contribution in [1.82, 2.24) is 14.9 Å². The van der Waals surface area contributed by atoms with E-state index in [0.29, 0.717) is 43.0 Å². The highest BCUT2D eigenvalue weighted by atomic mass is 32.2. The normalized spacial score (nSPS) is 17.5. The van der Waals surface area contributed by atoms with Gasteiger partial charge in [-0.05, 0) is 38.0 Å². The minimum atomic E-state index is -3.19. The van der Waals surface area contributed by atoms with E-state index >= 15 is 0 Å². The van der Waals surface area contributed by atoms with E-state index in [1.807, 2.05) is 0 Å². The fourth-order valence-corrected chi connectivity index (χ4v) is 4.17. The molecule has 10 heteroatoms. The molecule has 0 bridgehead atoms. The number of hydrogen-bond donors (Lipinski definition) is 2. The summed E-state index contributed by atoms with van der Waals surface area (Å²) in [6, 6.07) is 4.72. The fraction of sp³-hybridized carbons (Fsp3) is 0.529. The number of piperidine rings is 1.